The minimum atomic E-state index is -3.73. The van der Waals surface area contributed by atoms with Crippen LogP contribution in [0.1, 0.15) is 27.2 Å². The van der Waals surface area contributed by atoms with Crippen molar-refractivity contribution in [1.82, 2.24) is 10.0 Å². The molecular formula is C13H19ClN2O3S. The van der Waals surface area contributed by atoms with Gasteiger partial charge in [0.1, 0.15) is 0 Å². The Bertz CT molecular complexity index is 557. The molecule has 0 heterocycles. The molecule has 1 aromatic rings. The first-order chi connectivity index (χ1) is 9.26. The fourth-order valence-electron chi connectivity index (χ4n) is 1.44. The number of amides is 1. The second-order valence-corrected chi connectivity index (χ2v) is 6.77. The first-order valence-electron chi connectivity index (χ1n) is 6.34. The van der Waals surface area contributed by atoms with Gasteiger partial charge in [-0.15, -0.1) is 0 Å². The SMILES string of the molecule is CC[C@@H](C)NC(=O)[C@H](C)NS(=O)(=O)c1ccc(Cl)cc1. The second kappa shape index (κ2) is 7.06. The molecule has 1 aromatic carbocycles. The topological polar surface area (TPSA) is 75.3 Å². The van der Waals surface area contributed by atoms with E-state index in [1.54, 1.807) is 0 Å². The maximum atomic E-state index is 12.1. The van der Waals surface area contributed by atoms with Gasteiger partial charge in [0.25, 0.3) is 0 Å². The number of hydrogen-bond acceptors (Lipinski definition) is 3. The largest absolute Gasteiger partial charge is 0.352 e. The van der Waals surface area contributed by atoms with Gasteiger partial charge < -0.3 is 5.32 Å². The standard InChI is InChI=1S/C13H19ClN2O3S/c1-4-9(2)15-13(17)10(3)16-20(18,19)12-7-5-11(14)6-8-12/h5-10,16H,4H2,1-3H3,(H,15,17)/t9-,10+/m1/s1. The molecule has 0 aliphatic carbocycles. The first kappa shape index (κ1) is 16.9. The molecule has 0 aromatic heterocycles. The third kappa shape index (κ3) is 4.77. The van der Waals surface area contributed by atoms with Gasteiger partial charge in [0, 0.05) is 11.1 Å². The minimum absolute atomic E-state index is 0.00462. The fourth-order valence-corrected chi connectivity index (χ4v) is 2.77. The summed E-state index contributed by atoms with van der Waals surface area (Å²) < 4.78 is 26.5. The molecule has 0 bridgehead atoms. The van der Waals surface area contributed by atoms with Crippen LogP contribution in [0.25, 0.3) is 0 Å². The second-order valence-electron chi connectivity index (χ2n) is 4.61. The molecule has 20 heavy (non-hydrogen) atoms. The lowest BCUT2D eigenvalue weighted by molar-refractivity contribution is -0.122. The van der Waals surface area contributed by atoms with Crippen LogP contribution < -0.4 is 10.0 Å². The van der Waals surface area contributed by atoms with Gasteiger partial charge in [-0.25, -0.2) is 8.42 Å². The highest BCUT2D eigenvalue weighted by molar-refractivity contribution is 7.89. The summed E-state index contributed by atoms with van der Waals surface area (Å²) >= 11 is 5.71. The van der Waals surface area contributed by atoms with Crippen molar-refractivity contribution in [3.63, 3.8) is 0 Å². The lowest BCUT2D eigenvalue weighted by Gasteiger charge is -2.17. The van der Waals surface area contributed by atoms with Gasteiger partial charge in [0.2, 0.25) is 15.9 Å². The Balaban J connectivity index is 2.75. The number of halogens is 1. The zero-order valence-corrected chi connectivity index (χ0v) is 13.3. The summed E-state index contributed by atoms with van der Waals surface area (Å²) in [6.45, 7) is 5.30. The van der Waals surface area contributed by atoms with Crippen molar-refractivity contribution in [2.24, 2.45) is 0 Å². The van der Waals surface area contributed by atoms with Crippen LogP contribution in [-0.4, -0.2) is 26.4 Å². The third-order valence-corrected chi connectivity index (χ3v) is 4.66. The Kier molecular flexibility index (Phi) is 5.98. The number of sulfonamides is 1. The molecule has 2 atom stereocenters. The number of hydrogen-bond donors (Lipinski definition) is 2. The lowest BCUT2D eigenvalue weighted by atomic mass is 10.2. The highest BCUT2D eigenvalue weighted by atomic mass is 35.5. The Hall–Kier alpha value is -1.11. The molecule has 0 spiro atoms. The van der Waals surface area contributed by atoms with E-state index in [9.17, 15) is 13.2 Å². The molecule has 112 valence electrons. The molecule has 1 amide bonds. The van der Waals surface area contributed by atoms with Gasteiger partial charge in [-0.3, -0.25) is 4.79 Å². The molecule has 5 nitrogen and oxygen atoms in total. The summed E-state index contributed by atoms with van der Waals surface area (Å²) in [7, 11) is -3.73. The van der Waals surface area contributed by atoms with Gasteiger partial charge in [0.15, 0.2) is 0 Å². The summed E-state index contributed by atoms with van der Waals surface area (Å²) in [5.41, 5.74) is 0. The van der Waals surface area contributed by atoms with E-state index in [2.05, 4.69) is 10.0 Å². The quantitative estimate of drug-likeness (QED) is 0.841. The molecule has 0 saturated heterocycles. The highest BCUT2D eigenvalue weighted by Gasteiger charge is 2.22. The van der Waals surface area contributed by atoms with E-state index in [4.69, 9.17) is 11.6 Å². The fraction of sp³-hybridized carbons (Fsp3) is 0.462. The first-order valence-corrected chi connectivity index (χ1v) is 8.20. The zero-order valence-electron chi connectivity index (χ0n) is 11.7. The van der Waals surface area contributed by atoms with E-state index in [1.165, 1.54) is 31.2 Å². The van der Waals surface area contributed by atoms with Crippen LogP contribution in [0.4, 0.5) is 0 Å². The van der Waals surface area contributed by atoms with Crippen LogP contribution in [0.2, 0.25) is 5.02 Å². The predicted octanol–water partition coefficient (Wildman–Crippen LogP) is 1.92. The minimum Gasteiger partial charge on any atom is -0.352 e. The van der Waals surface area contributed by atoms with E-state index >= 15 is 0 Å². The zero-order chi connectivity index (χ0) is 15.3. The molecule has 7 heteroatoms. The van der Waals surface area contributed by atoms with Crippen molar-refractivity contribution in [2.75, 3.05) is 0 Å². The van der Waals surface area contributed by atoms with Gasteiger partial charge in [-0.1, -0.05) is 18.5 Å². The molecule has 0 saturated carbocycles. The monoisotopic (exact) mass is 318 g/mol. The molecule has 0 aliphatic heterocycles. The summed E-state index contributed by atoms with van der Waals surface area (Å²) in [4.78, 5) is 11.9. The van der Waals surface area contributed by atoms with Crippen LogP contribution >= 0.6 is 11.6 Å². The van der Waals surface area contributed by atoms with Crippen molar-refractivity contribution < 1.29 is 13.2 Å². The van der Waals surface area contributed by atoms with Crippen LogP contribution in [0.3, 0.4) is 0 Å². The van der Waals surface area contributed by atoms with E-state index in [1.807, 2.05) is 13.8 Å². The summed E-state index contributed by atoms with van der Waals surface area (Å²) in [6, 6.07) is 4.92. The Morgan fingerprint density at radius 1 is 1.25 bits per heavy atom. The lowest BCUT2D eigenvalue weighted by Crippen LogP contribution is -2.47. The van der Waals surface area contributed by atoms with Crippen molar-refractivity contribution in [2.45, 2.75) is 44.2 Å². The van der Waals surface area contributed by atoms with Crippen molar-refractivity contribution in [1.29, 1.82) is 0 Å². The molecule has 2 N–H and O–H groups in total. The molecule has 0 radical (unpaired) electrons. The highest BCUT2D eigenvalue weighted by Crippen LogP contribution is 2.14. The average Bonchev–Trinajstić information content (AvgIpc) is 2.38. The van der Waals surface area contributed by atoms with E-state index in [0.717, 1.165) is 6.42 Å². The van der Waals surface area contributed by atoms with Gasteiger partial charge in [-0.2, -0.15) is 4.72 Å². The number of benzene rings is 1. The van der Waals surface area contributed by atoms with E-state index in [-0.39, 0.29) is 16.8 Å². The molecule has 0 aliphatic rings. The Morgan fingerprint density at radius 2 is 1.80 bits per heavy atom. The van der Waals surface area contributed by atoms with E-state index in [0.29, 0.717) is 5.02 Å². The predicted molar refractivity (Wildman–Crippen MR) is 79.1 cm³/mol. The molecule has 0 unspecified atom stereocenters. The summed E-state index contributed by atoms with van der Waals surface area (Å²) in [5.74, 6) is -0.350. The van der Waals surface area contributed by atoms with Gasteiger partial charge in [0.05, 0.1) is 10.9 Å². The normalized spacial score (nSPS) is 14.6. The van der Waals surface area contributed by atoms with Crippen LogP contribution in [-0.2, 0) is 14.8 Å². The van der Waals surface area contributed by atoms with Crippen LogP contribution in [0, 0.1) is 0 Å². The Labute approximate surface area is 124 Å². The van der Waals surface area contributed by atoms with Crippen LogP contribution in [0.5, 0.6) is 0 Å². The van der Waals surface area contributed by atoms with Crippen molar-refractivity contribution in [3.8, 4) is 0 Å². The third-order valence-electron chi connectivity index (χ3n) is 2.85. The Morgan fingerprint density at radius 3 is 2.30 bits per heavy atom. The van der Waals surface area contributed by atoms with Crippen LogP contribution in [0.15, 0.2) is 29.2 Å². The maximum Gasteiger partial charge on any atom is 0.241 e. The smallest absolute Gasteiger partial charge is 0.241 e. The molecule has 0 fully saturated rings. The summed E-state index contributed by atoms with van der Waals surface area (Å²) in [5, 5.41) is 3.18. The van der Waals surface area contributed by atoms with Gasteiger partial charge in [-0.05, 0) is 44.5 Å². The summed E-state index contributed by atoms with van der Waals surface area (Å²) in [6.07, 6.45) is 0.780. The number of nitrogens with one attached hydrogen (secondary N) is 2. The van der Waals surface area contributed by atoms with Crippen molar-refractivity contribution in [3.05, 3.63) is 29.3 Å². The molecule has 1 rings (SSSR count). The van der Waals surface area contributed by atoms with Crippen molar-refractivity contribution >= 4 is 27.5 Å². The molecular weight excluding hydrogens is 300 g/mol. The van der Waals surface area contributed by atoms with Gasteiger partial charge >= 0.3 is 0 Å². The number of carbonyl (C=O) groups excluding carboxylic acids is 1. The average molecular weight is 319 g/mol. The maximum absolute atomic E-state index is 12.1. The number of carbonyl (C=O) groups is 1. The van der Waals surface area contributed by atoms with E-state index < -0.39 is 16.1 Å². The number of rotatable bonds is 6.